The van der Waals surface area contributed by atoms with Crippen molar-refractivity contribution in [2.24, 2.45) is 0 Å². The van der Waals surface area contributed by atoms with Crippen LogP contribution in [0.25, 0.3) is 5.76 Å². The van der Waals surface area contributed by atoms with Gasteiger partial charge in [-0.2, -0.15) is 0 Å². The van der Waals surface area contributed by atoms with Crippen LogP contribution in [0, 0.1) is 6.92 Å². The van der Waals surface area contributed by atoms with Crippen molar-refractivity contribution in [3.05, 3.63) is 94.6 Å². The molecule has 37 heavy (non-hydrogen) atoms. The highest BCUT2D eigenvalue weighted by molar-refractivity contribution is 6.51. The monoisotopic (exact) mass is 501 g/mol. The van der Waals surface area contributed by atoms with E-state index in [1.807, 2.05) is 6.92 Å². The number of hydrogen-bond acceptors (Lipinski definition) is 7. The van der Waals surface area contributed by atoms with Crippen molar-refractivity contribution in [3.63, 3.8) is 0 Å². The average molecular weight is 502 g/mol. The molecular formula is C29H27NO7. The van der Waals surface area contributed by atoms with Crippen LogP contribution >= 0.6 is 0 Å². The van der Waals surface area contributed by atoms with E-state index < -0.39 is 23.7 Å². The van der Waals surface area contributed by atoms with Gasteiger partial charge in [-0.15, -0.1) is 0 Å². The first-order valence-electron chi connectivity index (χ1n) is 11.7. The Morgan fingerprint density at radius 1 is 0.919 bits per heavy atom. The fraction of sp³-hybridized carbons (Fsp3) is 0.207. The Hall–Kier alpha value is -4.59. The zero-order chi connectivity index (χ0) is 26.7. The summed E-state index contributed by atoms with van der Waals surface area (Å²) in [5.74, 6) is -1.17. The smallest absolute Gasteiger partial charge is 0.338 e. The van der Waals surface area contributed by atoms with E-state index in [0.717, 1.165) is 5.56 Å². The molecule has 1 atom stereocenters. The van der Waals surface area contributed by atoms with E-state index in [1.54, 1.807) is 68.6 Å². The predicted octanol–water partition coefficient (Wildman–Crippen LogP) is 4.82. The Kier molecular flexibility index (Phi) is 7.29. The molecule has 0 aromatic heterocycles. The third kappa shape index (κ3) is 4.78. The summed E-state index contributed by atoms with van der Waals surface area (Å²) in [7, 11) is 3.09. The zero-order valence-corrected chi connectivity index (χ0v) is 21.0. The second-order valence-corrected chi connectivity index (χ2v) is 8.39. The number of ether oxygens (including phenoxy) is 3. The molecule has 190 valence electrons. The molecule has 0 radical (unpaired) electrons. The van der Waals surface area contributed by atoms with Crippen molar-refractivity contribution in [3.8, 4) is 11.5 Å². The number of amides is 1. The molecule has 1 unspecified atom stereocenters. The summed E-state index contributed by atoms with van der Waals surface area (Å²) in [6.07, 6.45) is 0. The Balaban J connectivity index is 1.86. The number of hydrogen-bond donors (Lipinski definition) is 1. The van der Waals surface area contributed by atoms with Crippen molar-refractivity contribution in [1.29, 1.82) is 0 Å². The van der Waals surface area contributed by atoms with Crippen LogP contribution in [0.2, 0.25) is 0 Å². The fourth-order valence-electron chi connectivity index (χ4n) is 4.35. The van der Waals surface area contributed by atoms with E-state index in [4.69, 9.17) is 14.2 Å². The highest BCUT2D eigenvalue weighted by Crippen LogP contribution is 2.42. The van der Waals surface area contributed by atoms with E-state index in [-0.39, 0.29) is 17.9 Å². The molecule has 1 aliphatic rings. The van der Waals surface area contributed by atoms with E-state index in [0.29, 0.717) is 33.9 Å². The van der Waals surface area contributed by atoms with Gasteiger partial charge in [0, 0.05) is 11.3 Å². The lowest BCUT2D eigenvalue weighted by Gasteiger charge is -2.25. The number of rotatable bonds is 7. The Bertz CT molecular complexity index is 1370. The number of methoxy groups -OCH3 is 2. The molecule has 0 spiro atoms. The van der Waals surface area contributed by atoms with Crippen LogP contribution in [-0.2, 0) is 14.3 Å². The van der Waals surface area contributed by atoms with Crippen molar-refractivity contribution >= 4 is 29.1 Å². The van der Waals surface area contributed by atoms with Gasteiger partial charge in [-0.3, -0.25) is 14.5 Å². The maximum absolute atomic E-state index is 13.3. The Morgan fingerprint density at radius 3 is 2.14 bits per heavy atom. The van der Waals surface area contributed by atoms with E-state index in [2.05, 4.69) is 0 Å². The van der Waals surface area contributed by atoms with Crippen LogP contribution in [0.15, 0.2) is 72.3 Å². The van der Waals surface area contributed by atoms with Gasteiger partial charge in [0.25, 0.3) is 11.7 Å². The quantitative estimate of drug-likeness (QED) is 0.214. The second-order valence-electron chi connectivity index (χ2n) is 8.39. The molecule has 8 heteroatoms. The molecule has 8 nitrogen and oxygen atoms in total. The predicted molar refractivity (Wildman–Crippen MR) is 138 cm³/mol. The minimum atomic E-state index is -0.915. The van der Waals surface area contributed by atoms with Gasteiger partial charge in [-0.1, -0.05) is 12.1 Å². The lowest BCUT2D eigenvalue weighted by Crippen LogP contribution is -2.29. The van der Waals surface area contributed by atoms with Crippen LogP contribution in [-0.4, -0.2) is 43.6 Å². The highest BCUT2D eigenvalue weighted by atomic mass is 16.5. The molecule has 1 N–H and O–H groups in total. The lowest BCUT2D eigenvalue weighted by molar-refractivity contribution is -0.132. The standard InChI is InChI=1S/C29H27NO7/c1-5-37-29(34)19-6-11-21(12-7-19)30-25(18-8-13-22(35-3)14-9-18)24(27(32)28(30)33)26(31)20-10-15-23(36-4)17(2)16-20/h6-16,25,31H,5H2,1-4H3/b26-24-. The molecule has 1 amide bonds. The summed E-state index contributed by atoms with van der Waals surface area (Å²) >= 11 is 0. The number of esters is 1. The van der Waals surface area contributed by atoms with Crippen LogP contribution in [0.5, 0.6) is 11.5 Å². The maximum Gasteiger partial charge on any atom is 0.338 e. The summed E-state index contributed by atoms with van der Waals surface area (Å²) in [6.45, 7) is 3.77. The van der Waals surface area contributed by atoms with Gasteiger partial charge in [-0.05, 0) is 79.6 Å². The SMILES string of the molecule is CCOC(=O)c1ccc(N2C(=O)C(=O)/C(=C(\O)c3ccc(OC)c(C)c3)C2c2ccc(OC)cc2)cc1. The summed E-state index contributed by atoms with van der Waals surface area (Å²) in [6, 6.07) is 17.2. The van der Waals surface area contributed by atoms with Gasteiger partial charge in [0.1, 0.15) is 17.3 Å². The minimum Gasteiger partial charge on any atom is -0.507 e. The first-order valence-corrected chi connectivity index (χ1v) is 11.7. The van der Waals surface area contributed by atoms with E-state index in [1.165, 1.54) is 24.1 Å². The Morgan fingerprint density at radius 2 is 1.57 bits per heavy atom. The van der Waals surface area contributed by atoms with Crippen molar-refractivity contribution in [2.45, 2.75) is 19.9 Å². The normalized spacial score (nSPS) is 16.5. The number of aryl methyl sites for hydroxylation is 1. The summed E-state index contributed by atoms with van der Waals surface area (Å²) < 4.78 is 15.6. The van der Waals surface area contributed by atoms with Crippen LogP contribution < -0.4 is 14.4 Å². The third-order valence-electron chi connectivity index (χ3n) is 6.20. The van der Waals surface area contributed by atoms with Gasteiger partial charge < -0.3 is 19.3 Å². The molecule has 0 aliphatic carbocycles. The fourth-order valence-corrected chi connectivity index (χ4v) is 4.35. The molecule has 1 heterocycles. The van der Waals surface area contributed by atoms with Crippen molar-refractivity contribution in [1.82, 2.24) is 0 Å². The summed E-state index contributed by atoms with van der Waals surface area (Å²) in [5, 5.41) is 11.3. The second kappa shape index (κ2) is 10.6. The zero-order valence-electron chi connectivity index (χ0n) is 21.0. The molecule has 0 saturated carbocycles. The first-order chi connectivity index (χ1) is 17.8. The molecule has 3 aromatic carbocycles. The van der Waals surface area contributed by atoms with Gasteiger partial charge >= 0.3 is 5.97 Å². The van der Waals surface area contributed by atoms with Crippen molar-refractivity contribution < 1.29 is 33.7 Å². The van der Waals surface area contributed by atoms with E-state index in [9.17, 15) is 19.5 Å². The molecular weight excluding hydrogens is 474 g/mol. The molecule has 0 bridgehead atoms. The summed E-state index contributed by atoms with van der Waals surface area (Å²) in [4.78, 5) is 40.1. The number of anilines is 1. The van der Waals surface area contributed by atoms with Crippen LogP contribution in [0.1, 0.15) is 40.0 Å². The number of carbonyl (C=O) groups is 3. The first kappa shape index (κ1) is 25.5. The van der Waals surface area contributed by atoms with E-state index >= 15 is 0 Å². The molecule has 1 saturated heterocycles. The molecule has 4 rings (SSSR count). The molecule has 1 aliphatic heterocycles. The highest BCUT2D eigenvalue weighted by Gasteiger charge is 2.47. The number of nitrogens with zero attached hydrogens (tertiary/aromatic N) is 1. The summed E-state index contributed by atoms with van der Waals surface area (Å²) in [5.41, 5.74) is 2.40. The lowest BCUT2D eigenvalue weighted by atomic mass is 9.94. The number of aliphatic hydroxyl groups is 1. The number of carbonyl (C=O) groups excluding carboxylic acids is 3. The minimum absolute atomic E-state index is 0.0470. The number of aliphatic hydroxyl groups excluding tert-OH is 1. The number of Topliss-reactive ketones (excluding diaryl/α,β-unsaturated/α-hetero) is 1. The van der Waals surface area contributed by atoms with Crippen LogP contribution in [0.3, 0.4) is 0 Å². The number of ketones is 1. The Labute approximate surface area is 214 Å². The largest absolute Gasteiger partial charge is 0.507 e. The topological polar surface area (TPSA) is 102 Å². The number of benzene rings is 3. The average Bonchev–Trinajstić information content (AvgIpc) is 3.18. The van der Waals surface area contributed by atoms with Gasteiger partial charge in [-0.25, -0.2) is 4.79 Å². The third-order valence-corrected chi connectivity index (χ3v) is 6.20. The van der Waals surface area contributed by atoms with Gasteiger partial charge in [0.05, 0.1) is 38.0 Å². The molecule has 3 aromatic rings. The molecule has 1 fully saturated rings. The van der Waals surface area contributed by atoms with Gasteiger partial charge in [0.2, 0.25) is 0 Å². The van der Waals surface area contributed by atoms with Gasteiger partial charge in [0.15, 0.2) is 0 Å². The van der Waals surface area contributed by atoms with Crippen LogP contribution in [0.4, 0.5) is 5.69 Å². The maximum atomic E-state index is 13.3. The van der Waals surface area contributed by atoms with Crippen molar-refractivity contribution in [2.75, 3.05) is 25.7 Å².